The number of hydrogen-bond donors (Lipinski definition) is 1. The minimum Gasteiger partial charge on any atom is -0.478 e. The Labute approximate surface area is 166 Å². The van der Waals surface area contributed by atoms with Crippen molar-refractivity contribution in [2.75, 3.05) is 23.9 Å². The number of para-hydroxylation sites is 2. The van der Waals surface area contributed by atoms with Crippen LogP contribution in [0.1, 0.15) is 22.3 Å². The lowest BCUT2D eigenvalue weighted by atomic mass is 10.1. The highest BCUT2D eigenvalue weighted by atomic mass is 16.5. The fourth-order valence-electron chi connectivity index (χ4n) is 3.31. The van der Waals surface area contributed by atoms with Gasteiger partial charge in [0, 0.05) is 18.3 Å². The number of anilines is 2. The second-order valence-corrected chi connectivity index (χ2v) is 6.85. The van der Waals surface area contributed by atoms with Crippen LogP contribution in [-0.4, -0.2) is 43.3 Å². The molecule has 0 bridgehead atoms. The van der Waals surface area contributed by atoms with Crippen molar-refractivity contribution in [2.24, 2.45) is 0 Å². The first-order valence-corrected chi connectivity index (χ1v) is 9.07. The van der Waals surface area contributed by atoms with E-state index in [1.165, 1.54) is 4.90 Å². The molecule has 0 fully saturated rings. The van der Waals surface area contributed by atoms with Gasteiger partial charge in [0.05, 0.1) is 18.5 Å². The number of rotatable bonds is 5. The Morgan fingerprint density at radius 2 is 2.00 bits per heavy atom. The lowest BCUT2D eigenvalue weighted by Gasteiger charge is -2.25. The minimum absolute atomic E-state index is 0.0386. The highest BCUT2D eigenvalue weighted by Gasteiger charge is 2.30. The molecule has 2 aliphatic heterocycles. The van der Waals surface area contributed by atoms with Crippen molar-refractivity contribution in [3.8, 4) is 5.75 Å². The average Bonchev–Trinajstić information content (AvgIpc) is 3.00. The summed E-state index contributed by atoms with van der Waals surface area (Å²) in [5, 5.41) is 2.67. The third-order valence-electron chi connectivity index (χ3n) is 4.90. The van der Waals surface area contributed by atoms with Gasteiger partial charge in [-0.25, -0.2) is 0 Å². The molecule has 0 saturated carbocycles. The normalized spacial score (nSPS) is 17.1. The molecular formula is C21H18N2O6. The Hall–Kier alpha value is -3.68. The zero-order chi connectivity index (χ0) is 20.5. The van der Waals surface area contributed by atoms with E-state index in [0.29, 0.717) is 17.0 Å². The number of carbonyl (C=O) groups is 4. The van der Waals surface area contributed by atoms with Crippen molar-refractivity contribution >= 4 is 34.9 Å². The van der Waals surface area contributed by atoms with E-state index in [9.17, 15) is 19.2 Å². The maximum absolute atomic E-state index is 12.3. The average molecular weight is 394 g/mol. The fourth-order valence-corrected chi connectivity index (χ4v) is 3.31. The molecule has 148 valence electrons. The summed E-state index contributed by atoms with van der Waals surface area (Å²) in [6.45, 7) is -0.452. The largest absolute Gasteiger partial charge is 0.478 e. The molecule has 2 amide bonds. The fraction of sp³-hybridized carbons (Fsp3) is 0.238. The number of nitrogens with zero attached hydrogens (tertiary/aromatic N) is 1. The summed E-state index contributed by atoms with van der Waals surface area (Å²) in [5.41, 5.74) is 2.43. The minimum atomic E-state index is -1.02. The summed E-state index contributed by atoms with van der Waals surface area (Å²) in [4.78, 5) is 49.8. The number of benzene rings is 2. The molecule has 0 spiro atoms. The maximum atomic E-state index is 12.3. The van der Waals surface area contributed by atoms with Crippen molar-refractivity contribution in [2.45, 2.75) is 18.9 Å². The molecule has 0 saturated heterocycles. The summed E-state index contributed by atoms with van der Waals surface area (Å²) < 4.78 is 10.6. The Kier molecular flexibility index (Phi) is 4.75. The molecule has 0 aromatic heterocycles. The third kappa shape index (κ3) is 3.69. The predicted octanol–water partition coefficient (Wildman–Crippen LogP) is 1.72. The van der Waals surface area contributed by atoms with E-state index in [4.69, 9.17) is 9.47 Å². The van der Waals surface area contributed by atoms with Crippen molar-refractivity contribution in [3.63, 3.8) is 0 Å². The van der Waals surface area contributed by atoms with Gasteiger partial charge in [-0.2, -0.15) is 0 Å². The lowest BCUT2D eigenvalue weighted by Crippen LogP contribution is -2.39. The van der Waals surface area contributed by atoms with Crippen LogP contribution >= 0.6 is 0 Å². The number of amides is 2. The quantitative estimate of drug-likeness (QED) is 0.612. The number of ketones is 1. The van der Waals surface area contributed by atoms with Gasteiger partial charge in [-0.15, -0.1) is 0 Å². The Bertz CT molecular complexity index is 1030. The molecule has 8 heteroatoms. The summed E-state index contributed by atoms with van der Waals surface area (Å²) in [6.07, 6.45) is -1.09. The number of carbonyl (C=O) groups excluding carboxylic acids is 4. The molecule has 2 aliphatic rings. The molecule has 2 heterocycles. The standard InChI is InChI=1S/C21H18N2O6/c1-23-15-7-6-12(8-13(15)9-19(23)25)16(24)11-28-20(26)10-18-21(27)22-14-4-2-3-5-17(14)29-18/h2-8,18H,9-11H2,1H3,(H,22,27)/t18-/m0/s1. The number of fused-ring (bicyclic) bond motifs is 2. The number of ether oxygens (including phenoxy) is 2. The third-order valence-corrected chi connectivity index (χ3v) is 4.90. The Morgan fingerprint density at radius 3 is 2.83 bits per heavy atom. The topological polar surface area (TPSA) is 102 Å². The van der Waals surface area contributed by atoms with Gasteiger partial charge >= 0.3 is 5.97 Å². The summed E-state index contributed by atoms with van der Waals surface area (Å²) in [6, 6.07) is 11.8. The van der Waals surface area contributed by atoms with E-state index in [2.05, 4.69) is 5.32 Å². The number of Topliss-reactive ketones (excluding diaryl/α,β-unsaturated/α-hetero) is 1. The van der Waals surface area contributed by atoms with E-state index < -0.39 is 24.6 Å². The first-order chi connectivity index (χ1) is 13.9. The first kappa shape index (κ1) is 18.7. The molecule has 4 rings (SSSR count). The zero-order valence-corrected chi connectivity index (χ0v) is 15.6. The van der Waals surface area contributed by atoms with Gasteiger partial charge in [0.25, 0.3) is 5.91 Å². The number of hydrogen-bond acceptors (Lipinski definition) is 6. The molecule has 0 unspecified atom stereocenters. The van der Waals surface area contributed by atoms with E-state index in [1.54, 1.807) is 49.5 Å². The van der Waals surface area contributed by atoms with Crippen LogP contribution in [0.25, 0.3) is 0 Å². The SMILES string of the molecule is CN1C(=O)Cc2cc(C(=O)COC(=O)C[C@@H]3Oc4ccccc4NC3=O)ccc21. The van der Waals surface area contributed by atoms with Crippen LogP contribution in [0.4, 0.5) is 11.4 Å². The second-order valence-electron chi connectivity index (χ2n) is 6.85. The Morgan fingerprint density at radius 1 is 1.21 bits per heavy atom. The highest BCUT2D eigenvalue weighted by Crippen LogP contribution is 2.30. The van der Waals surface area contributed by atoms with E-state index in [0.717, 1.165) is 11.3 Å². The smallest absolute Gasteiger partial charge is 0.310 e. The first-order valence-electron chi connectivity index (χ1n) is 9.07. The second kappa shape index (κ2) is 7.38. The molecule has 0 aliphatic carbocycles. The molecule has 1 N–H and O–H groups in total. The van der Waals surface area contributed by atoms with Gasteiger partial charge in [-0.3, -0.25) is 19.2 Å². The maximum Gasteiger partial charge on any atom is 0.310 e. The molecule has 2 aromatic rings. The molecule has 29 heavy (non-hydrogen) atoms. The van der Waals surface area contributed by atoms with Gasteiger partial charge in [-0.05, 0) is 35.9 Å². The number of esters is 1. The summed E-state index contributed by atoms with van der Waals surface area (Å²) in [5.74, 6) is -1.11. The van der Waals surface area contributed by atoms with Crippen LogP contribution in [0, 0.1) is 0 Å². The van der Waals surface area contributed by atoms with Gasteiger partial charge < -0.3 is 19.7 Å². The van der Waals surface area contributed by atoms with Crippen LogP contribution in [0.5, 0.6) is 5.75 Å². The van der Waals surface area contributed by atoms with Crippen molar-refractivity contribution in [1.29, 1.82) is 0 Å². The summed E-state index contributed by atoms with van der Waals surface area (Å²) in [7, 11) is 1.68. The number of likely N-dealkylation sites (N-methyl/N-ethyl adjacent to an activating group) is 1. The summed E-state index contributed by atoms with van der Waals surface area (Å²) >= 11 is 0. The lowest BCUT2D eigenvalue weighted by molar-refractivity contribution is -0.146. The Balaban J connectivity index is 1.33. The van der Waals surface area contributed by atoms with Gasteiger partial charge in [0.2, 0.25) is 5.91 Å². The predicted molar refractivity (Wildman–Crippen MR) is 103 cm³/mol. The van der Waals surface area contributed by atoms with Crippen LogP contribution in [0.3, 0.4) is 0 Å². The van der Waals surface area contributed by atoms with Crippen LogP contribution in [0.2, 0.25) is 0 Å². The highest BCUT2D eigenvalue weighted by molar-refractivity contribution is 6.04. The zero-order valence-electron chi connectivity index (χ0n) is 15.6. The van der Waals surface area contributed by atoms with Gasteiger partial charge in [0.1, 0.15) is 5.75 Å². The molecule has 0 radical (unpaired) electrons. The molecule has 1 atom stereocenters. The van der Waals surface area contributed by atoms with E-state index in [1.807, 2.05) is 0 Å². The van der Waals surface area contributed by atoms with Gasteiger partial charge in [0.15, 0.2) is 18.5 Å². The van der Waals surface area contributed by atoms with Crippen LogP contribution in [-0.2, 0) is 25.5 Å². The van der Waals surface area contributed by atoms with Crippen molar-refractivity contribution in [3.05, 3.63) is 53.6 Å². The number of nitrogens with one attached hydrogen (secondary N) is 1. The van der Waals surface area contributed by atoms with E-state index in [-0.39, 0.29) is 24.5 Å². The molecular weight excluding hydrogens is 376 g/mol. The monoisotopic (exact) mass is 394 g/mol. The van der Waals surface area contributed by atoms with Crippen molar-refractivity contribution in [1.82, 2.24) is 0 Å². The molecule has 8 nitrogen and oxygen atoms in total. The molecule has 2 aromatic carbocycles. The van der Waals surface area contributed by atoms with E-state index >= 15 is 0 Å². The van der Waals surface area contributed by atoms with Gasteiger partial charge in [-0.1, -0.05) is 12.1 Å². The van der Waals surface area contributed by atoms with Crippen LogP contribution in [0.15, 0.2) is 42.5 Å². The van der Waals surface area contributed by atoms with Crippen molar-refractivity contribution < 1.29 is 28.7 Å². The van der Waals surface area contributed by atoms with Crippen LogP contribution < -0.4 is 15.0 Å².